The topological polar surface area (TPSA) is 76.1 Å². The number of alkyl halides is 3. The number of likely N-dealkylation sites (tertiary alicyclic amines) is 1. The van der Waals surface area contributed by atoms with Gasteiger partial charge in [-0.15, -0.1) is 0 Å². The Morgan fingerprint density at radius 3 is 2.20 bits per heavy atom. The Morgan fingerprint density at radius 1 is 1.00 bits per heavy atom. The van der Waals surface area contributed by atoms with Crippen LogP contribution in [-0.2, 0) is 27.1 Å². The van der Waals surface area contributed by atoms with Crippen LogP contribution in [0.2, 0.25) is 0 Å². The third-order valence-corrected chi connectivity index (χ3v) is 8.25. The molecule has 2 fully saturated rings. The SMILES string of the molecule is COc1ccc(C(F)(F)F)cc1CO[C@H]1C(c2ccccc2)N(C(=O)C2CCCCC2)[C@@H](C(=O)O)[C@@H]1C(C)(C)C. The minimum Gasteiger partial charge on any atom is -0.496 e. The third kappa shape index (κ3) is 6.14. The summed E-state index contributed by atoms with van der Waals surface area (Å²) < 4.78 is 52.3. The summed E-state index contributed by atoms with van der Waals surface area (Å²) in [4.78, 5) is 28.5. The fourth-order valence-electron chi connectivity index (χ4n) is 6.40. The Bertz CT molecular complexity index is 1190. The lowest BCUT2D eigenvalue weighted by Gasteiger charge is -2.35. The van der Waals surface area contributed by atoms with E-state index in [4.69, 9.17) is 9.47 Å². The third-order valence-electron chi connectivity index (χ3n) is 8.25. The van der Waals surface area contributed by atoms with Gasteiger partial charge in [0.25, 0.3) is 0 Å². The van der Waals surface area contributed by atoms with Gasteiger partial charge in [0.1, 0.15) is 11.8 Å². The lowest BCUT2D eigenvalue weighted by molar-refractivity contribution is -0.154. The van der Waals surface area contributed by atoms with Crippen molar-refractivity contribution in [2.45, 2.75) is 83.8 Å². The second kappa shape index (κ2) is 11.8. The highest BCUT2D eigenvalue weighted by molar-refractivity contribution is 5.87. The number of carbonyl (C=O) groups is 2. The summed E-state index contributed by atoms with van der Waals surface area (Å²) in [5.41, 5.74) is -0.519. The van der Waals surface area contributed by atoms with Gasteiger partial charge in [0.15, 0.2) is 0 Å². The molecule has 2 aromatic rings. The summed E-state index contributed by atoms with van der Waals surface area (Å²) in [7, 11) is 1.37. The van der Waals surface area contributed by atoms with E-state index < -0.39 is 47.2 Å². The molecule has 1 unspecified atom stereocenters. The van der Waals surface area contributed by atoms with Crippen LogP contribution in [0, 0.1) is 17.3 Å². The molecule has 218 valence electrons. The van der Waals surface area contributed by atoms with Gasteiger partial charge in [0.05, 0.1) is 31.4 Å². The first-order chi connectivity index (χ1) is 18.8. The maximum Gasteiger partial charge on any atom is 0.416 e. The minimum absolute atomic E-state index is 0.195. The molecule has 6 nitrogen and oxygen atoms in total. The molecule has 1 amide bonds. The van der Waals surface area contributed by atoms with Gasteiger partial charge in [-0.25, -0.2) is 4.79 Å². The van der Waals surface area contributed by atoms with E-state index in [0.717, 1.165) is 37.0 Å². The number of nitrogens with zero attached hydrogens (tertiary/aromatic N) is 1. The molecular weight excluding hydrogens is 523 g/mol. The van der Waals surface area contributed by atoms with Gasteiger partial charge in [0.2, 0.25) is 5.91 Å². The Kier molecular flexibility index (Phi) is 8.83. The number of amides is 1. The molecule has 0 bridgehead atoms. The monoisotopic (exact) mass is 561 g/mol. The highest BCUT2D eigenvalue weighted by Gasteiger charge is 2.59. The van der Waals surface area contributed by atoms with E-state index >= 15 is 0 Å². The summed E-state index contributed by atoms with van der Waals surface area (Å²) in [6.45, 7) is 5.48. The molecule has 2 aliphatic rings. The van der Waals surface area contributed by atoms with Crippen molar-refractivity contribution in [3.8, 4) is 5.75 Å². The van der Waals surface area contributed by atoms with Crippen LogP contribution in [0.1, 0.15) is 75.6 Å². The number of benzene rings is 2. The van der Waals surface area contributed by atoms with Crippen LogP contribution in [0.3, 0.4) is 0 Å². The molecule has 0 radical (unpaired) electrons. The van der Waals surface area contributed by atoms with Crippen LogP contribution in [0.25, 0.3) is 0 Å². The second-order valence-corrected chi connectivity index (χ2v) is 11.9. The number of rotatable bonds is 7. The Morgan fingerprint density at radius 2 is 1.65 bits per heavy atom. The van der Waals surface area contributed by atoms with Crippen molar-refractivity contribution in [1.29, 1.82) is 0 Å². The lowest BCUT2D eigenvalue weighted by Crippen LogP contribution is -2.49. The Balaban J connectivity index is 1.81. The van der Waals surface area contributed by atoms with Crippen molar-refractivity contribution in [3.05, 3.63) is 65.2 Å². The predicted octanol–water partition coefficient (Wildman–Crippen LogP) is 6.88. The molecule has 9 heteroatoms. The number of aliphatic carboxylic acids is 1. The molecule has 1 aliphatic carbocycles. The lowest BCUT2D eigenvalue weighted by atomic mass is 9.73. The summed E-state index contributed by atoms with van der Waals surface area (Å²) in [5, 5.41) is 10.5. The Labute approximate surface area is 233 Å². The first-order valence-electron chi connectivity index (χ1n) is 13.8. The van der Waals surface area contributed by atoms with Gasteiger partial charge < -0.3 is 19.5 Å². The smallest absolute Gasteiger partial charge is 0.416 e. The summed E-state index contributed by atoms with van der Waals surface area (Å²) >= 11 is 0. The van der Waals surface area contributed by atoms with E-state index in [1.807, 2.05) is 51.1 Å². The van der Waals surface area contributed by atoms with Gasteiger partial charge in [-0.1, -0.05) is 70.4 Å². The summed E-state index contributed by atoms with van der Waals surface area (Å²) in [5.74, 6) is -1.99. The number of halogens is 3. The zero-order chi connectivity index (χ0) is 29.2. The quantitative estimate of drug-likeness (QED) is 0.399. The van der Waals surface area contributed by atoms with Crippen molar-refractivity contribution in [3.63, 3.8) is 0 Å². The molecule has 1 aliphatic heterocycles. The fourth-order valence-corrected chi connectivity index (χ4v) is 6.40. The molecule has 0 spiro atoms. The van der Waals surface area contributed by atoms with Crippen molar-refractivity contribution in [2.24, 2.45) is 17.3 Å². The average Bonchev–Trinajstić information content (AvgIpc) is 3.28. The number of carboxylic acids is 1. The van der Waals surface area contributed by atoms with Crippen molar-refractivity contribution in [2.75, 3.05) is 7.11 Å². The predicted molar refractivity (Wildman–Crippen MR) is 144 cm³/mol. The first-order valence-corrected chi connectivity index (χ1v) is 13.8. The molecule has 1 N–H and O–H groups in total. The van der Waals surface area contributed by atoms with Gasteiger partial charge >= 0.3 is 12.1 Å². The van der Waals surface area contributed by atoms with Crippen LogP contribution in [-0.4, -0.2) is 41.1 Å². The van der Waals surface area contributed by atoms with E-state index in [2.05, 4.69) is 0 Å². The fraction of sp³-hybridized carbons (Fsp3) is 0.548. The van der Waals surface area contributed by atoms with E-state index in [0.29, 0.717) is 12.8 Å². The number of carbonyl (C=O) groups excluding carboxylic acids is 1. The average molecular weight is 562 g/mol. The van der Waals surface area contributed by atoms with Gasteiger partial charge in [-0.2, -0.15) is 13.2 Å². The van der Waals surface area contributed by atoms with Crippen LogP contribution < -0.4 is 4.74 Å². The van der Waals surface area contributed by atoms with Crippen LogP contribution >= 0.6 is 0 Å². The van der Waals surface area contributed by atoms with Crippen molar-refractivity contribution >= 4 is 11.9 Å². The second-order valence-electron chi connectivity index (χ2n) is 11.9. The van der Waals surface area contributed by atoms with E-state index in [1.54, 1.807) is 0 Å². The molecule has 0 aromatic heterocycles. The molecule has 2 aromatic carbocycles. The standard InChI is InChI=1S/C31H38F3NO5/c1-30(2,3)24-26(29(37)38)35(28(36)20-13-9-6-10-14-20)25(19-11-7-5-8-12-19)27(24)40-18-21-17-22(31(32,33)34)15-16-23(21)39-4/h5,7-8,11-12,15-17,20,24-27H,6,9-10,13-14,18H2,1-4H3,(H,37,38)/t24-,25?,26+,27+/m0/s1. The molecule has 4 rings (SSSR count). The largest absolute Gasteiger partial charge is 0.496 e. The highest BCUT2D eigenvalue weighted by Crippen LogP contribution is 2.51. The molecule has 1 saturated carbocycles. The zero-order valence-corrected chi connectivity index (χ0v) is 23.4. The summed E-state index contributed by atoms with van der Waals surface area (Å²) in [6, 6.07) is 10.5. The summed E-state index contributed by atoms with van der Waals surface area (Å²) in [6.07, 6.45) is -1.07. The minimum atomic E-state index is -4.55. The number of hydrogen-bond acceptors (Lipinski definition) is 4. The molecule has 1 saturated heterocycles. The van der Waals surface area contributed by atoms with Gasteiger partial charge in [-0.3, -0.25) is 4.79 Å². The molecule has 40 heavy (non-hydrogen) atoms. The van der Waals surface area contributed by atoms with Crippen LogP contribution in [0.5, 0.6) is 5.75 Å². The highest BCUT2D eigenvalue weighted by atomic mass is 19.4. The van der Waals surface area contributed by atoms with Crippen molar-refractivity contribution < 1.29 is 37.3 Å². The molecule has 1 heterocycles. The first kappa shape index (κ1) is 29.9. The Hall–Kier alpha value is -3.07. The number of hydrogen-bond donors (Lipinski definition) is 1. The number of methoxy groups -OCH3 is 1. The normalized spacial score (nSPS) is 24.2. The molecular formula is C31H38F3NO5. The maximum absolute atomic E-state index is 14.1. The number of carboxylic acid groups (broad SMARTS) is 1. The zero-order valence-electron chi connectivity index (χ0n) is 23.4. The van der Waals surface area contributed by atoms with E-state index in [9.17, 15) is 27.9 Å². The molecule has 4 atom stereocenters. The van der Waals surface area contributed by atoms with Crippen LogP contribution in [0.4, 0.5) is 13.2 Å². The number of ether oxygens (including phenoxy) is 2. The van der Waals surface area contributed by atoms with Crippen molar-refractivity contribution in [1.82, 2.24) is 4.90 Å². The van der Waals surface area contributed by atoms with E-state index in [1.165, 1.54) is 18.1 Å². The maximum atomic E-state index is 14.1. The van der Waals surface area contributed by atoms with Crippen LogP contribution in [0.15, 0.2) is 48.5 Å². The van der Waals surface area contributed by atoms with Gasteiger partial charge in [0, 0.05) is 17.4 Å². The van der Waals surface area contributed by atoms with E-state index in [-0.39, 0.29) is 29.7 Å². The van der Waals surface area contributed by atoms with Gasteiger partial charge in [-0.05, 0) is 42.0 Å².